The molecule has 0 aliphatic carbocycles. The van der Waals surface area contributed by atoms with Crippen LogP contribution in [-0.4, -0.2) is 26.0 Å². The van der Waals surface area contributed by atoms with Crippen LogP contribution in [-0.2, 0) is 27.5 Å². The third-order valence-corrected chi connectivity index (χ3v) is 6.68. The minimum Gasteiger partial charge on any atom is -0.497 e. The van der Waals surface area contributed by atoms with Gasteiger partial charge in [-0.05, 0) is 60.4 Å². The fourth-order valence-electron chi connectivity index (χ4n) is 3.43. The molecule has 168 valence electrons. The van der Waals surface area contributed by atoms with Gasteiger partial charge in [0.15, 0.2) is 5.78 Å². The first-order valence-corrected chi connectivity index (χ1v) is 11.2. The first kappa shape index (κ1) is 23.7. The summed E-state index contributed by atoms with van der Waals surface area (Å²) in [5.74, 6) is 0.372. The van der Waals surface area contributed by atoms with Gasteiger partial charge < -0.3 is 14.2 Å². The van der Waals surface area contributed by atoms with E-state index in [1.54, 1.807) is 14.0 Å². The van der Waals surface area contributed by atoms with Crippen LogP contribution in [0.3, 0.4) is 0 Å². The van der Waals surface area contributed by atoms with Gasteiger partial charge in [-0.3, -0.25) is 9.59 Å². The average molecular weight is 453 g/mol. The lowest BCUT2D eigenvalue weighted by Gasteiger charge is -2.17. The summed E-state index contributed by atoms with van der Waals surface area (Å²) in [6.45, 7) is 4.55. The van der Waals surface area contributed by atoms with Crippen molar-refractivity contribution in [1.29, 1.82) is 0 Å². The molecule has 0 N–H and O–H groups in total. The molecule has 0 spiro atoms. The van der Waals surface area contributed by atoms with Gasteiger partial charge in [0.25, 0.3) is 0 Å². The summed E-state index contributed by atoms with van der Waals surface area (Å²) >= 11 is 1.43. The Balaban J connectivity index is 1.78. The molecule has 6 heteroatoms. The number of benzene rings is 2. The van der Waals surface area contributed by atoms with Crippen molar-refractivity contribution in [1.82, 2.24) is 0 Å². The maximum atomic E-state index is 12.1. The standard InChI is InChI=1S/C26H28O5S/c1-17-5-8-20(13-21(17)16-31-15-19-6-9-22(29-3)10-7-19)23(14-26(28)30-4)25-12-11-24(32-25)18(2)27/h5-13,23H,14-16H2,1-4H3. The molecule has 0 aliphatic heterocycles. The summed E-state index contributed by atoms with van der Waals surface area (Å²) in [4.78, 5) is 25.5. The zero-order chi connectivity index (χ0) is 23.1. The maximum Gasteiger partial charge on any atom is 0.306 e. The number of carbonyl (C=O) groups is 2. The second-order valence-corrected chi connectivity index (χ2v) is 8.73. The third-order valence-electron chi connectivity index (χ3n) is 5.38. The number of aryl methyl sites for hydroxylation is 1. The molecule has 2 aromatic carbocycles. The normalized spacial score (nSPS) is 11.8. The summed E-state index contributed by atoms with van der Waals surface area (Å²) < 4.78 is 16.1. The van der Waals surface area contributed by atoms with Crippen molar-refractivity contribution in [3.8, 4) is 5.75 Å². The molecule has 0 radical (unpaired) electrons. The Morgan fingerprint density at radius 1 is 0.969 bits per heavy atom. The van der Waals surface area contributed by atoms with Gasteiger partial charge in [-0.2, -0.15) is 0 Å². The predicted molar refractivity (Wildman–Crippen MR) is 125 cm³/mol. The van der Waals surface area contributed by atoms with Gasteiger partial charge in [0.1, 0.15) is 5.75 Å². The number of thiophene rings is 1. The van der Waals surface area contributed by atoms with E-state index in [-0.39, 0.29) is 24.1 Å². The fourth-order valence-corrected chi connectivity index (χ4v) is 4.46. The fraction of sp³-hybridized carbons (Fsp3) is 0.308. The van der Waals surface area contributed by atoms with Gasteiger partial charge in [-0.1, -0.05) is 30.3 Å². The molecule has 0 saturated carbocycles. The first-order valence-electron chi connectivity index (χ1n) is 10.4. The first-order chi connectivity index (χ1) is 15.4. The molecule has 3 rings (SSSR count). The number of hydrogen-bond donors (Lipinski definition) is 0. The monoisotopic (exact) mass is 452 g/mol. The largest absolute Gasteiger partial charge is 0.497 e. The molecular formula is C26H28O5S. The zero-order valence-corrected chi connectivity index (χ0v) is 19.7. The molecule has 1 atom stereocenters. The Labute approximate surface area is 192 Å². The van der Waals surface area contributed by atoms with Crippen molar-refractivity contribution in [3.05, 3.63) is 86.6 Å². The smallest absolute Gasteiger partial charge is 0.306 e. The van der Waals surface area contributed by atoms with Crippen LogP contribution in [0, 0.1) is 6.92 Å². The maximum absolute atomic E-state index is 12.1. The Morgan fingerprint density at radius 3 is 2.34 bits per heavy atom. The zero-order valence-electron chi connectivity index (χ0n) is 18.8. The van der Waals surface area contributed by atoms with Crippen LogP contribution >= 0.6 is 11.3 Å². The highest BCUT2D eigenvalue weighted by Crippen LogP contribution is 2.34. The van der Waals surface area contributed by atoms with Crippen molar-refractivity contribution in [2.24, 2.45) is 0 Å². The van der Waals surface area contributed by atoms with Crippen LogP contribution in [0.1, 0.15) is 56.1 Å². The van der Waals surface area contributed by atoms with Crippen molar-refractivity contribution in [2.75, 3.05) is 14.2 Å². The number of methoxy groups -OCH3 is 2. The highest BCUT2D eigenvalue weighted by Gasteiger charge is 2.22. The van der Waals surface area contributed by atoms with Crippen molar-refractivity contribution in [3.63, 3.8) is 0 Å². The Kier molecular flexibility index (Phi) is 8.20. The van der Waals surface area contributed by atoms with Crippen molar-refractivity contribution >= 4 is 23.1 Å². The van der Waals surface area contributed by atoms with Gasteiger partial charge in [0.2, 0.25) is 0 Å². The van der Waals surface area contributed by atoms with E-state index >= 15 is 0 Å². The minimum atomic E-state index is -0.286. The predicted octanol–water partition coefficient (Wildman–Crippen LogP) is 5.68. The summed E-state index contributed by atoms with van der Waals surface area (Å²) in [5.41, 5.74) is 4.25. The molecule has 0 saturated heterocycles. The van der Waals surface area contributed by atoms with Gasteiger partial charge in [-0.15, -0.1) is 11.3 Å². The number of Topliss-reactive ketones (excluding diaryl/α,β-unsaturated/α-hetero) is 1. The minimum absolute atomic E-state index is 0.0228. The van der Waals surface area contributed by atoms with Crippen LogP contribution in [0.4, 0.5) is 0 Å². The molecule has 1 aromatic heterocycles. The second kappa shape index (κ2) is 11.1. The summed E-state index contributed by atoms with van der Waals surface area (Å²) in [6.07, 6.45) is 0.212. The molecule has 5 nitrogen and oxygen atoms in total. The van der Waals surface area contributed by atoms with Gasteiger partial charge in [0.05, 0.1) is 38.7 Å². The molecule has 32 heavy (non-hydrogen) atoms. The number of ketones is 1. The summed E-state index contributed by atoms with van der Waals surface area (Å²) in [6, 6.07) is 17.7. The van der Waals surface area contributed by atoms with E-state index in [0.717, 1.165) is 32.9 Å². The van der Waals surface area contributed by atoms with Crippen LogP contribution < -0.4 is 4.74 Å². The molecule has 0 fully saturated rings. The van der Waals surface area contributed by atoms with Gasteiger partial charge in [-0.25, -0.2) is 0 Å². The summed E-state index contributed by atoms with van der Waals surface area (Å²) in [5, 5.41) is 0. The highest BCUT2D eigenvalue weighted by atomic mass is 32.1. The molecule has 0 bridgehead atoms. The van der Waals surface area contributed by atoms with Crippen LogP contribution in [0.2, 0.25) is 0 Å². The topological polar surface area (TPSA) is 61.8 Å². The average Bonchev–Trinajstić information content (AvgIpc) is 3.29. The van der Waals surface area contributed by atoms with Gasteiger partial charge in [0, 0.05) is 10.8 Å². The lowest BCUT2D eigenvalue weighted by Crippen LogP contribution is -2.10. The Hall–Kier alpha value is -2.96. The SMILES string of the molecule is COC(=O)CC(c1ccc(C)c(COCc2ccc(OC)cc2)c1)c1ccc(C(C)=O)s1. The van der Waals surface area contributed by atoms with E-state index in [1.165, 1.54) is 18.4 Å². The second-order valence-electron chi connectivity index (χ2n) is 7.62. The molecule has 1 unspecified atom stereocenters. The molecule has 1 heterocycles. The highest BCUT2D eigenvalue weighted by molar-refractivity contribution is 7.14. The molecule has 0 amide bonds. The number of esters is 1. The molecule has 0 aliphatic rings. The molecule has 3 aromatic rings. The quantitative estimate of drug-likeness (QED) is 0.293. The number of rotatable bonds is 10. The number of carbonyl (C=O) groups excluding carboxylic acids is 2. The van der Waals surface area contributed by atoms with E-state index in [2.05, 4.69) is 6.07 Å². The van der Waals surface area contributed by atoms with E-state index in [0.29, 0.717) is 18.1 Å². The van der Waals surface area contributed by atoms with E-state index in [9.17, 15) is 9.59 Å². The van der Waals surface area contributed by atoms with Crippen LogP contribution in [0.15, 0.2) is 54.6 Å². The summed E-state index contributed by atoms with van der Waals surface area (Å²) in [7, 11) is 3.04. The Morgan fingerprint density at radius 2 is 1.72 bits per heavy atom. The van der Waals surface area contributed by atoms with Gasteiger partial charge >= 0.3 is 5.97 Å². The third kappa shape index (κ3) is 6.05. The van der Waals surface area contributed by atoms with E-state index < -0.39 is 0 Å². The van der Waals surface area contributed by atoms with Crippen LogP contribution in [0.25, 0.3) is 0 Å². The van der Waals surface area contributed by atoms with Crippen LogP contribution in [0.5, 0.6) is 5.75 Å². The molecular weight excluding hydrogens is 424 g/mol. The lowest BCUT2D eigenvalue weighted by molar-refractivity contribution is -0.140. The number of hydrogen-bond acceptors (Lipinski definition) is 6. The van der Waals surface area contributed by atoms with E-state index in [4.69, 9.17) is 14.2 Å². The Bertz CT molecular complexity index is 1070. The number of ether oxygens (including phenoxy) is 3. The lowest BCUT2D eigenvalue weighted by atomic mass is 9.91. The van der Waals surface area contributed by atoms with Crippen molar-refractivity contribution in [2.45, 2.75) is 39.4 Å². The van der Waals surface area contributed by atoms with E-state index in [1.807, 2.05) is 55.5 Å². The van der Waals surface area contributed by atoms with Crippen molar-refractivity contribution < 1.29 is 23.8 Å².